The zero-order chi connectivity index (χ0) is 24.9. The lowest BCUT2D eigenvalue weighted by molar-refractivity contribution is -0.137. The summed E-state index contributed by atoms with van der Waals surface area (Å²) in [6.07, 6.45) is -4.07. The number of hydrogen-bond donors (Lipinski definition) is 0. The van der Waals surface area contributed by atoms with E-state index in [0.717, 1.165) is 51.4 Å². The van der Waals surface area contributed by atoms with Crippen molar-refractivity contribution in [2.45, 2.75) is 58.4 Å². The number of carbonyl (C=O) groups is 1. The van der Waals surface area contributed by atoms with Crippen molar-refractivity contribution < 1.29 is 22.7 Å². The van der Waals surface area contributed by atoms with E-state index in [1.807, 2.05) is 31.2 Å². The molecule has 34 heavy (non-hydrogen) atoms. The van der Waals surface area contributed by atoms with Crippen molar-refractivity contribution in [1.29, 1.82) is 0 Å². The number of benzene rings is 2. The monoisotopic (exact) mass is 490 g/mol. The Morgan fingerprint density at radius 2 is 1.85 bits per heavy atom. The third-order valence-electron chi connectivity index (χ3n) is 5.25. The van der Waals surface area contributed by atoms with Crippen LogP contribution in [0.25, 0.3) is 10.9 Å². The number of thioether (sulfide) groups is 1. The lowest BCUT2D eigenvalue weighted by atomic mass is 10.1. The molecule has 2 aromatic carbocycles. The van der Waals surface area contributed by atoms with Crippen molar-refractivity contribution in [2.75, 3.05) is 12.4 Å². The molecule has 0 aliphatic heterocycles. The molecule has 1 amide bonds. The van der Waals surface area contributed by atoms with Crippen LogP contribution in [0.3, 0.4) is 0 Å². The number of amides is 1. The van der Waals surface area contributed by atoms with E-state index in [4.69, 9.17) is 9.72 Å². The zero-order valence-corrected chi connectivity index (χ0v) is 20.6. The summed E-state index contributed by atoms with van der Waals surface area (Å²) in [5.74, 6) is 0.865. The Labute approximate surface area is 202 Å². The van der Waals surface area contributed by atoms with Gasteiger partial charge in [0, 0.05) is 17.5 Å². The molecule has 1 aromatic heterocycles. The lowest BCUT2D eigenvalue weighted by Crippen LogP contribution is -2.31. The molecule has 3 aromatic rings. The van der Waals surface area contributed by atoms with Gasteiger partial charge in [-0.05, 0) is 62.3 Å². The van der Waals surface area contributed by atoms with E-state index in [9.17, 15) is 18.0 Å². The number of para-hydroxylation sites is 1. The van der Waals surface area contributed by atoms with Crippen LogP contribution in [0.1, 0.15) is 48.1 Å². The second-order valence-electron chi connectivity index (χ2n) is 8.21. The van der Waals surface area contributed by atoms with Crippen molar-refractivity contribution in [1.82, 2.24) is 9.88 Å². The van der Waals surface area contributed by atoms with Crippen molar-refractivity contribution in [3.8, 4) is 0 Å². The van der Waals surface area contributed by atoms with Crippen LogP contribution in [0, 0.1) is 13.8 Å². The molecule has 0 radical (unpaired) electrons. The van der Waals surface area contributed by atoms with Crippen molar-refractivity contribution in [3.63, 3.8) is 0 Å². The molecule has 0 fully saturated rings. The number of hydrogen-bond acceptors (Lipinski definition) is 4. The summed E-state index contributed by atoms with van der Waals surface area (Å²) in [6, 6.07) is 11.8. The first-order valence-corrected chi connectivity index (χ1v) is 12.2. The molecule has 8 heteroatoms. The third kappa shape index (κ3) is 6.44. The molecular formula is C26H29F3N2O2S. The predicted molar refractivity (Wildman–Crippen MR) is 130 cm³/mol. The molecule has 0 aliphatic carbocycles. The Balaban J connectivity index is 2.01. The number of pyridine rings is 1. The van der Waals surface area contributed by atoms with Gasteiger partial charge in [0.1, 0.15) is 5.03 Å². The summed E-state index contributed by atoms with van der Waals surface area (Å²) < 4.78 is 45.3. The molecule has 0 saturated heterocycles. The average Bonchev–Trinajstić information content (AvgIpc) is 2.77. The molecule has 182 valence electrons. The number of aromatic nitrogens is 1. The van der Waals surface area contributed by atoms with Crippen LogP contribution in [0.2, 0.25) is 0 Å². The van der Waals surface area contributed by atoms with Crippen LogP contribution in [0.5, 0.6) is 0 Å². The Morgan fingerprint density at radius 3 is 2.53 bits per heavy atom. The number of alkyl halides is 3. The van der Waals surface area contributed by atoms with E-state index in [1.54, 1.807) is 31.7 Å². The SMILES string of the molecule is CCCSc1nc2c(C)cccc2cc1CN(Cc1cc(C)cc(C(F)(F)F)c1)C(=O)OCC. The first-order valence-electron chi connectivity index (χ1n) is 11.2. The number of nitrogens with zero attached hydrogens (tertiary/aromatic N) is 2. The number of halogens is 3. The maximum Gasteiger partial charge on any atom is 0.416 e. The summed E-state index contributed by atoms with van der Waals surface area (Å²) >= 11 is 1.61. The molecule has 4 nitrogen and oxygen atoms in total. The van der Waals surface area contributed by atoms with Gasteiger partial charge < -0.3 is 4.74 Å². The molecule has 0 aliphatic rings. The summed E-state index contributed by atoms with van der Waals surface area (Å²) in [4.78, 5) is 19.1. The van der Waals surface area contributed by atoms with Crippen molar-refractivity contribution in [3.05, 3.63) is 70.3 Å². The maximum absolute atomic E-state index is 13.3. The van der Waals surface area contributed by atoms with E-state index in [2.05, 4.69) is 6.92 Å². The minimum absolute atomic E-state index is 0.00661. The van der Waals surface area contributed by atoms with Gasteiger partial charge >= 0.3 is 12.3 Å². The van der Waals surface area contributed by atoms with Gasteiger partial charge in [-0.2, -0.15) is 13.2 Å². The third-order valence-corrected chi connectivity index (χ3v) is 6.49. The van der Waals surface area contributed by atoms with E-state index in [-0.39, 0.29) is 19.7 Å². The smallest absolute Gasteiger partial charge is 0.416 e. The van der Waals surface area contributed by atoms with Crippen molar-refractivity contribution in [2.24, 2.45) is 0 Å². The highest BCUT2D eigenvalue weighted by Crippen LogP contribution is 2.32. The second-order valence-corrected chi connectivity index (χ2v) is 9.29. The minimum Gasteiger partial charge on any atom is -0.450 e. The van der Waals surface area contributed by atoms with Gasteiger partial charge in [0.2, 0.25) is 0 Å². The number of aryl methyl sites for hydroxylation is 2. The average molecular weight is 491 g/mol. The number of ether oxygens (including phenoxy) is 1. The van der Waals surface area contributed by atoms with Crippen LogP contribution in [-0.4, -0.2) is 28.3 Å². The highest BCUT2D eigenvalue weighted by atomic mass is 32.2. The molecule has 0 unspecified atom stereocenters. The molecule has 1 heterocycles. The summed E-state index contributed by atoms with van der Waals surface area (Å²) in [5.41, 5.74) is 2.95. The van der Waals surface area contributed by atoms with Crippen molar-refractivity contribution >= 4 is 28.8 Å². The van der Waals surface area contributed by atoms with Crippen LogP contribution in [-0.2, 0) is 24.0 Å². The van der Waals surface area contributed by atoms with Gasteiger partial charge in [0.15, 0.2) is 0 Å². The fourth-order valence-electron chi connectivity index (χ4n) is 3.75. The summed E-state index contributed by atoms with van der Waals surface area (Å²) in [6.45, 7) is 7.74. The van der Waals surface area contributed by atoms with Crippen LogP contribution >= 0.6 is 11.8 Å². The molecular weight excluding hydrogens is 461 g/mol. The minimum atomic E-state index is -4.46. The molecule has 0 saturated carbocycles. The number of carbonyl (C=O) groups excluding carboxylic acids is 1. The van der Waals surface area contributed by atoms with Gasteiger partial charge in [0.05, 0.1) is 24.2 Å². The standard InChI is InChI=1S/C26H29F3N2O2S/c1-5-10-34-24-21(14-20-9-7-8-18(4)23(20)30-24)16-31(25(32)33-6-2)15-19-11-17(3)12-22(13-19)26(27,28)29/h7-9,11-14H,5-6,10,15-16H2,1-4H3. The quantitative estimate of drug-likeness (QED) is 0.306. The van der Waals surface area contributed by atoms with E-state index >= 15 is 0 Å². The van der Waals surface area contributed by atoms with Crippen LogP contribution in [0.15, 0.2) is 47.5 Å². The Morgan fingerprint density at radius 1 is 1.09 bits per heavy atom. The first-order chi connectivity index (χ1) is 16.1. The van der Waals surface area contributed by atoms with Gasteiger partial charge in [-0.3, -0.25) is 4.90 Å². The topological polar surface area (TPSA) is 42.4 Å². The van der Waals surface area contributed by atoms with E-state index in [1.165, 1.54) is 4.90 Å². The maximum atomic E-state index is 13.3. The van der Waals surface area contributed by atoms with E-state index in [0.29, 0.717) is 11.1 Å². The van der Waals surface area contributed by atoms with Crippen LogP contribution < -0.4 is 0 Å². The predicted octanol–water partition coefficient (Wildman–Crippen LogP) is 7.53. The molecule has 0 N–H and O–H groups in total. The molecule has 0 spiro atoms. The van der Waals surface area contributed by atoms with Gasteiger partial charge in [-0.15, -0.1) is 11.8 Å². The van der Waals surface area contributed by atoms with Gasteiger partial charge in [-0.25, -0.2) is 9.78 Å². The molecule has 0 atom stereocenters. The lowest BCUT2D eigenvalue weighted by Gasteiger charge is -2.24. The fourth-order valence-corrected chi connectivity index (χ4v) is 4.62. The zero-order valence-electron chi connectivity index (χ0n) is 19.8. The molecule has 0 bridgehead atoms. The summed E-state index contributed by atoms with van der Waals surface area (Å²) in [5, 5.41) is 1.77. The first kappa shape index (κ1) is 25.9. The highest BCUT2D eigenvalue weighted by molar-refractivity contribution is 7.99. The Bertz CT molecular complexity index is 1160. The largest absolute Gasteiger partial charge is 0.450 e. The van der Waals surface area contributed by atoms with Crippen LogP contribution in [0.4, 0.5) is 18.0 Å². The normalized spacial score (nSPS) is 11.6. The highest BCUT2D eigenvalue weighted by Gasteiger charge is 2.31. The number of fused-ring (bicyclic) bond motifs is 1. The summed E-state index contributed by atoms with van der Waals surface area (Å²) in [7, 11) is 0. The van der Waals surface area contributed by atoms with E-state index < -0.39 is 17.8 Å². The Kier molecular flexibility index (Phi) is 8.47. The molecule has 3 rings (SSSR count). The Hall–Kier alpha value is -2.74. The second kappa shape index (κ2) is 11.1. The van der Waals surface area contributed by atoms with Gasteiger partial charge in [-0.1, -0.05) is 36.8 Å². The number of rotatable bonds is 8. The fraction of sp³-hybridized carbons (Fsp3) is 0.385. The van der Waals surface area contributed by atoms with Gasteiger partial charge in [0.25, 0.3) is 0 Å².